The van der Waals surface area contributed by atoms with Gasteiger partial charge in [-0.25, -0.2) is 9.97 Å². The van der Waals surface area contributed by atoms with E-state index < -0.39 is 11.7 Å². The summed E-state index contributed by atoms with van der Waals surface area (Å²) in [6.45, 7) is 2.68. The lowest BCUT2D eigenvalue weighted by Crippen LogP contribution is -2.29. The highest BCUT2D eigenvalue weighted by atomic mass is 19.4. The quantitative estimate of drug-likeness (QED) is 0.751. The molecule has 5 nitrogen and oxygen atoms in total. The predicted molar refractivity (Wildman–Crippen MR) is 88.0 cm³/mol. The summed E-state index contributed by atoms with van der Waals surface area (Å²) in [6.07, 6.45) is -0.929. The normalized spacial score (nSPS) is 12.5. The fourth-order valence-corrected chi connectivity index (χ4v) is 2.24. The van der Waals surface area contributed by atoms with E-state index in [1.165, 1.54) is 12.1 Å². The molecule has 2 aromatic rings. The van der Waals surface area contributed by atoms with Crippen molar-refractivity contribution < 1.29 is 18.0 Å². The molecule has 0 spiro atoms. The summed E-state index contributed by atoms with van der Waals surface area (Å²) in [7, 11) is 0. The van der Waals surface area contributed by atoms with E-state index >= 15 is 0 Å². The van der Waals surface area contributed by atoms with Crippen molar-refractivity contribution in [2.45, 2.75) is 25.4 Å². The first-order valence-corrected chi connectivity index (χ1v) is 7.81. The molecule has 1 atom stereocenters. The number of rotatable bonds is 7. The number of benzene rings is 1. The summed E-state index contributed by atoms with van der Waals surface area (Å²) in [6, 6.07) is 6.60. The molecule has 0 saturated heterocycles. The number of nitrogens with one attached hydrogen (secondary N) is 2. The maximum absolute atomic E-state index is 12.5. The van der Waals surface area contributed by atoms with Gasteiger partial charge in [-0.1, -0.05) is 19.1 Å². The van der Waals surface area contributed by atoms with Gasteiger partial charge in [0.2, 0.25) is 11.9 Å². The van der Waals surface area contributed by atoms with E-state index in [0.717, 1.165) is 12.1 Å². The number of aromatic nitrogens is 2. The summed E-state index contributed by atoms with van der Waals surface area (Å²) in [5.74, 6) is 0.144. The van der Waals surface area contributed by atoms with Crippen molar-refractivity contribution >= 4 is 11.9 Å². The SMILES string of the molecule is CC(CC(=O)NCCNc1ncccn1)c1ccc(C(F)(F)F)cc1. The Morgan fingerprint density at radius 3 is 2.36 bits per heavy atom. The van der Waals surface area contributed by atoms with Crippen molar-refractivity contribution in [1.29, 1.82) is 0 Å². The van der Waals surface area contributed by atoms with Crippen LogP contribution in [0.2, 0.25) is 0 Å². The van der Waals surface area contributed by atoms with Crippen molar-refractivity contribution in [2.75, 3.05) is 18.4 Å². The van der Waals surface area contributed by atoms with E-state index in [4.69, 9.17) is 0 Å². The van der Waals surface area contributed by atoms with Crippen LogP contribution in [0.4, 0.5) is 19.1 Å². The molecule has 8 heteroatoms. The van der Waals surface area contributed by atoms with Crippen LogP contribution < -0.4 is 10.6 Å². The molecule has 2 N–H and O–H groups in total. The van der Waals surface area contributed by atoms with Crippen molar-refractivity contribution in [3.63, 3.8) is 0 Å². The molecule has 0 aliphatic heterocycles. The Kier molecular flexibility index (Phi) is 6.32. The van der Waals surface area contributed by atoms with Crippen LogP contribution in [0.15, 0.2) is 42.7 Å². The molecule has 0 aliphatic carbocycles. The van der Waals surface area contributed by atoms with E-state index in [9.17, 15) is 18.0 Å². The molecular formula is C17H19F3N4O. The third kappa shape index (κ3) is 6.06. The second-order valence-electron chi connectivity index (χ2n) is 5.57. The van der Waals surface area contributed by atoms with Gasteiger partial charge in [0.1, 0.15) is 0 Å². The highest BCUT2D eigenvalue weighted by Crippen LogP contribution is 2.30. The lowest BCUT2D eigenvalue weighted by Gasteiger charge is -2.14. The van der Waals surface area contributed by atoms with Crippen LogP contribution >= 0.6 is 0 Å². The standard InChI is InChI=1S/C17H19F3N4O/c1-12(13-3-5-14(6-4-13)17(18,19)20)11-15(25)21-9-10-24-16-22-7-2-8-23-16/h2-8,12H,9-11H2,1H3,(H,21,25)(H,22,23,24). The number of carbonyl (C=O) groups is 1. The molecule has 1 amide bonds. The Labute approximate surface area is 143 Å². The zero-order chi connectivity index (χ0) is 18.3. The third-order valence-electron chi connectivity index (χ3n) is 3.59. The minimum Gasteiger partial charge on any atom is -0.354 e. The van der Waals surface area contributed by atoms with Gasteiger partial charge in [-0.3, -0.25) is 4.79 Å². The van der Waals surface area contributed by atoms with Crippen LogP contribution in [0.25, 0.3) is 0 Å². The number of carbonyl (C=O) groups excluding carboxylic acids is 1. The largest absolute Gasteiger partial charge is 0.416 e. The van der Waals surface area contributed by atoms with Gasteiger partial charge in [-0.2, -0.15) is 13.2 Å². The van der Waals surface area contributed by atoms with Gasteiger partial charge in [-0.05, 0) is 29.7 Å². The Morgan fingerprint density at radius 2 is 1.76 bits per heavy atom. The zero-order valence-electron chi connectivity index (χ0n) is 13.7. The Morgan fingerprint density at radius 1 is 1.12 bits per heavy atom. The van der Waals surface area contributed by atoms with Crippen LogP contribution in [0.3, 0.4) is 0 Å². The fourth-order valence-electron chi connectivity index (χ4n) is 2.24. The van der Waals surface area contributed by atoms with Gasteiger partial charge in [0, 0.05) is 31.9 Å². The van der Waals surface area contributed by atoms with Crippen LogP contribution in [0, 0.1) is 0 Å². The van der Waals surface area contributed by atoms with Gasteiger partial charge < -0.3 is 10.6 Å². The fraction of sp³-hybridized carbons (Fsp3) is 0.353. The van der Waals surface area contributed by atoms with Crippen molar-refractivity contribution in [3.05, 3.63) is 53.9 Å². The number of hydrogen-bond acceptors (Lipinski definition) is 4. The van der Waals surface area contributed by atoms with Gasteiger partial charge in [0.05, 0.1) is 5.56 Å². The molecule has 0 fully saturated rings. The molecule has 0 bridgehead atoms. The van der Waals surface area contributed by atoms with Crippen LogP contribution in [0.1, 0.15) is 30.4 Å². The Hall–Kier alpha value is -2.64. The first kappa shape index (κ1) is 18.7. The summed E-state index contributed by atoms with van der Waals surface area (Å²) in [5.41, 5.74) is 0.000988. The van der Waals surface area contributed by atoms with Crippen molar-refractivity contribution in [2.24, 2.45) is 0 Å². The number of hydrogen-bond donors (Lipinski definition) is 2. The molecular weight excluding hydrogens is 333 g/mol. The maximum atomic E-state index is 12.5. The lowest BCUT2D eigenvalue weighted by molar-refractivity contribution is -0.137. The summed E-state index contributed by atoms with van der Waals surface area (Å²) < 4.78 is 37.6. The van der Waals surface area contributed by atoms with E-state index in [2.05, 4.69) is 20.6 Å². The minimum atomic E-state index is -4.35. The predicted octanol–water partition coefficient (Wildman–Crippen LogP) is 3.22. The Bertz CT molecular complexity index is 675. The second kappa shape index (κ2) is 8.46. The van der Waals surface area contributed by atoms with Crippen molar-refractivity contribution in [1.82, 2.24) is 15.3 Å². The summed E-state index contributed by atoms with van der Waals surface area (Å²) in [4.78, 5) is 19.9. The van der Waals surface area contributed by atoms with Gasteiger partial charge in [-0.15, -0.1) is 0 Å². The smallest absolute Gasteiger partial charge is 0.354 e. The number of alkyl halides is 3. The molecule has 1 aromatic heterocycles. The minimum absolute atomic E-state index is 0.164. The number of nitrogens with zero attached hydrogens (tertiary/aromatic N) is 2. The third-order valence-corrected chi connectivity index (χ3v) is 3.59. The van der Waals surface area contributed by atoms with Gasteiger partial charge >= 0.3 is 6.18 Å². The summed E-state index contributed by atoms with van der Waals surface area (Å²) in [5, 5.41) is 5.71. The Balaban J connectivity index is 1.74. The highest BCUT2D eigenvalue weighted by Gasteiger charge is 2.30. The molecule has 0 saturated carbocycles. The van der Waals surface area contributed by atoms with Gasteiger partial charge in [0.15, 0.2) is 0 Å². The average Bonchev–Trinajstić information content (AvgIpc) is 2.59. The van der Waals surface area contributed by atoms with E-state index in [1.54, 1.807) is 25.4 Å². The number of amides is 1. The van der Waals surface area contributed by atoms with Gasteiger partial charge in [0.25, 0.3) is 0 Å². The zero-order valence-corrected chi connectivity index (χ0v) is 13.7. The van der Waals surface area contributed by atoms with Crippen LogP contribution in [-0.4, -0.2) is 29.0 Å². The first-order chi connectivity index (χ1) is 11.9. The molecule has 134 valence electrons. The van der Waals surface area contributed by atoms with E-state index in [0.29, 0.717) is 24.6 Å². The summed E-state index contributed by atoms with van der Waals surface area (Å²) >= 11 is 0. The number of anilines is 1. The maximum Gasteiger partial charge on any atom is 0.416 e. The molecule has 1 heterocycles. The molecule has 1 unspecified atom stereocenters. The van der Waals surface area contributed by atoms with Crippen LogP contribution in [0.5, 0.6) is 0 Å². The monoisotopic (exact) mass is 352 g/mol. The number of halogens is 3. The van der Waals surface area contributed by atoms with E-state index in [1.807, 2.05) is 0 Å². The topological polar surface area (TPSA) is 66.9 Å². The van der Waals surface area contributed by atoms with E-state index in [-0.39, 0.29) is 18.2 Å². The average molecular weight is 352 g/mol. The van der Waals surface area contributed by atoms with Crippen LogP contribution in [-0.2, 0) is 11.0 Å². The molecule has 0 radical (unpaired) electrons. The molecule has 0 aliphatic rings. The molecule has 2 rings (SSSR count). The lowest BCUT2D eigenvalue weighted by atomic mass is 9.96. The molecule has 1 aromatic carbocycles. The second-order valence-corrected chi connectivity index (χ2v) is 5.57. The highest BCUT2D eigenvalue weighted by molar-refractivity contribution is 5.76. The first-order valence-electron chi connectivity index (χ1n) is 7.81. The van der Waals surface area contributed by atoms with Crippen molar-refractivity contribution in [3.8, 4) is 0 Å². The molecule has 25 heavy (non-hydrogen) atoms.